The second kappa shape index (κ2) is 6.71. The zero-order valence-corrected chi connectivity index (χ0v) is 13.9. The first kappa shape index (κ1) is 15.9. The van der Waals surface area contributed by atoms with Crippen LogP contribution in [0.25, 0.3) is 0 Å². The molecule has 124 valence electrons. The predicted molar refractivity (Wildman–Crippen MR) is 101 cm³/mol. The molecule has 0 fully saturated rings. The Bertz CT molecular complexity index is 996. The minimum Gasteiger partial charge on any atom is -0.282 e. The molecule has 0 spiro atoms. The van der Waals surface area contributed by atoms with Crippen LogP contribution in [0, 0.1) is 0 Å². The number of amides is 1. The molecule has 0 saturated carbocycles. The van der Waals surface area contributed by atoms with Crippen LogP contribution in [0.15, 0.2) is 83.9 Å². The van der Waals surface area contributed by atoms with Gasteiger partial charge in [0.25, 0.3) is 5.91 Å². The van der Waals surface area contributed by atoms with Gasteiger partial charge >= 0.3 is 0 Å². The van der Waals surface area contributed by atoms with Crippen molar-refractivity contribution in [2.24, 2.45) is 4.99 Å². The third-order valence-corrected chi connectivity index (χ3v) is 4.36. The maximum absolute atomic E-state index is 12.9. The highest BCUT2D eigenvalue weighted by atomic mass is 16.2. The van der Waals surface area contributed by atoms with Crippen LogP contribution in [-0.4, -0.2) is 18.4 Å². The molecule has 0 radical (unpaired) electrons. The fourth-order valence-electron chi connectivity index (χ4n) is 3.10. The lowest BCUT2D eigenvalue weighted by Crippen LogP contribution is -2.26. The summed E-state index contributed by atoms with van der Waals surface area (Å²) in [4.78, 5) is 30.3. The molecule has 0 bridgehead atoms. The van der Waals surface area contributed by atoms with Crippen molar-refractivity contribution in [1.29, 1.82) is 0 Å². The zero-order chi connectivity index (χ0) is 17.9. The molecule has 4 heteroatoms. The molecule has 0 saturated heterocycles. The van der Waals surface area contributed by atoms with Gasteiger partial charge in [0.05, 0.1) is 6.07 Å². The summed E-state index contributed by atoms with van der Waals surface area (Å²) in [6.07, 6.45) is 3.23. The van der Waals surface area contributed by atoms with Gasteiger partial charge in [-0.2, -0.15) is 0 Å². The molecule has 3 aromatic rings. The van der Waals surface area contributed by atoms with Crippen molar-refractivity contribution in [3.05, 3.63) is 101 Å². The van der Waals surface area contributed by atoms with Crippen LogP contribution in [0.1, 0.15) is 38.0 Å². The van der Waals surface area contributed by atoms with Crippen LogP contribution in [0.4, 0.5) is 5.69 Å². The van der Waals surface area contributed by atoms with Gasteiger partial charge in [0.1, 0.15) is 5.56 Å². The van der Waals surface area contributed by atoms with Gasteiger partial charge in [0.15, 0.2) is 12.4 Å². The molecule has 1 amide bonds. The van der Waals surface area contributed by atoms with Crippen LogP contribution in [0.3, 0.4) is 0 Å². The molecular weight excluding hydrogens is 324 g/mol. The highest BCUT2D eigenvalue weighted by Gasteiger charge is 2.38. The van der Waals surface area contributed by atoms with E-state index in [2.05, 4.69) is 11.2 Å². The van der Waals surface area contributed by atoms with Gasteiger partial charge in [-0.1, -0.05) is 36.4 Å². The second-order valence-corrected chi connectivity index (χ2v) is 5.92. The minimum atomic E-state index is -0.513. The number of benzene rings is 3. The number of anilines is 1. The van der Waals surface area contributed by atoms with Crippen molar-refractivity contribution in [2.45, 2.75) is 6.17 Å². The quantitative estimate of drug-likeness (QED) is 0.407. The molecule has 1 heterocycles. The van der Waals surface area contributed by atoms with E-state index < -0.39 is 6.17 Å². The molecule has 4 nitrogen and oxygen atoms in total. The Balaban J connectivity index is 1.79. The average Bonchev–Trinajstić information content (AvgIpc) is 2.99. The molecule has 3 aromatic carbocycles. The standard InChI is InChI=1S/C22H15N2O2/c25-15-17-9-5-4-8-16(17)14-23-21-19-12-6-7-13-20(19)22(26)24(21)18-10-2-1-3-11-18/h1-13,15,21H/q+1. The summed E-state index contributed by atoms with van der Waals surface area (Å²) < 4.78 is 0. The maximum atomic E-state index is 12.9. The first-order valence-corrected chi connectivity index (χ1v) is 8.27. The number of carbonyl (C=O) groups excluding carboxylic acids is 2. The second-order valence-electron chi connectivity index (χ2n) is 5.92. The van der Waals surface area contributed by atoms with Gasteiger partial charge < -0.3 is 0 Å². The summed E-state index contributed by atoms with van der Waals surface area (Å²) in [5, 5.41) is 0. The van der Waals surface area contributed by atoms with E-state index in [1.807, 2.05) is 60.7 Å². The Labute approximate surface area is 151 Å². The Morgan fingerprint density at radius 1 is 0.885 bits per heavy atom. The average molecular weight is 339 g/mol. The largest absolute Gasteiger partial charge is 0.282 e. The lowest BCUT2D eigenvalue weighted by Gasteiger charge is -2.20. The van der Waals surface area contributed by atoms with E-state index in [4.69, 9.17) is 0 Å². The van der Waals surface area contributed by atoms with Crippen LogP contribution in [-0.2, 0) is 0 Å². The molecule has 26 heavy (non-hydrogen) atoms. The first-order chi connectivity index (χ1) is 12.8. The van der Waals surface area contributed by atoms with Crippen molar-refractivity contribution in [2.75, 3.05) is 4.90 Å². The maximum Gasteiger partial charge on any atom is 0.260 e. The SMILES string of the molecule is O=Cc1ccccc1[C+]=NC1c2ccccc2C(=O)N1c1ccccc1. The summed E-state index contributed by atoms with van der Waals surface area (Å²) in [6.45, 7) is 0. The van der Waals surface area contributed by atoms with Crippen LogP contribution < -0.4 is 4.90 Å². The highest BCUT2D eigenvalue weighted by Crippen LogP contribution is 2.38. The van der Waals surface area contributed by atoms with Gasteiger partial charge in [0, 0.05) is 22.9 Å². The van der Waals surface area contributed by atoms with E-state index in [1.54, 1.807) is 23.1 Å². The summed E-state index contributed by atoms with van der Waals surface area (Å²) in [7, 11) is 0. The molecule has 0 N–H and O–H groups in total. The topological polar surface area (TPSA) is 49.7 Å². The first-order valence-electron chi connectivity index (χ1n) is 8.27. The van der Waals surface area contributed by atoms with E-state index >= 15 is 0 Å². The Kier molecular flexibility index (Phi) is 4.10. The molecule has 1 unspecified atom stereocenters. The van der Waals surface area contributed by atoms with Crippen molar-refractivity contribution < 1.29 is 9.59 Å². The fraction of sp³-hybridized carbons (Fsp3) is 0.0455. The van der Waals surface area contributed by atoms with E-state index in [9.17, 15) is 9.59 Å². The lowest BCUT2D eigenvalue weighted by molar-refractivity contribution is 0.0991. The van der Waals surface area contributed by atoms with E-state index in [0.717, 1.165) is 17.5 Å². The summed E-state index contributed by atoms with van der Waals surface area (Å²) in [5.74, 6) is -0.0916. The lowest BCUT2D eigenvalue weighted by atomic mass is 10.1. The molecule has 0 aromatic heterocycles. The van der Waals surface area contributed by atoms with Crippen LogP contribution in [0.2, 0.25) is 0 Å². The summed E-state index contributed by atoms with van der Waals surface area (Å²) in [6, 6.07) is 24.0. The number of hydrogen-bond donors (Lipinski definition) is 0. The number of rotatable bonds is 4. The normalized spacial score (nSPS) is 15.8. The van der Waals surface area contributed by atoms with E-state index in [0.29, 0.717) is 16.7 Å². The minimum absolute atomic E-state index is 0.0916. The zero-order valence-electron chi connectivity index (χ0n) is 13.9. The monoisotopic (exact) mass is 339 g/mol. The molecule has 0 aliphatic carbocycles. The van der Waals surface area contributed by atoms with Gasteiger partial charge in [-0.15, -0.1) is 4.99 Å². The van der Waals surface area contributed by atoms with Gasteiger partial charge in [-0.3, -0.25) is 14.5 Å². The van der Waals surface area contributed by atoms with Crippen molar-refractivity contribution in [3.63, 3.8) is 0 Å². The van der Waals surface area contributed by atoms with Crippen molar-refractivity contribution in [3.8, 4) is 0 Å². The van der Waals surface area contributed by atoms with Gasteiger partial charge in [0.2, 0.25) is 11.8 Å². The van der Waals surface area contributed by atoms with Gasteiger partial charge in [-0.25, -0.2) is 0 Å². The third kappa shape index (κ3) is 2.69. The van der Waals surface area contributed by atoms with E-state index in [-0.39, 0.29) is 5.91 Å². The Morgan fingerprint density at radius 3 is 2.38 bits per heavy atom. The van der Waals surface area contributed by atoms with Crippen molar-refractivity contribution in [1.82, 2.24) is 0 Å². The molecule has 1 aliphatic rings. The molecule has 1 aliphatic heterocycles. The van der Waals surface area contributed by atoms with Gasteiger partial charge in [-0.05, 0) is 30.3 Å². The van der Waals surface area contributed by atoms with Crippen LogP contribution in [0.5, 0.6) is 0 Å². The number of para-hydroxylation sites is 1. The summed E-state index contributed by atoms with van der Waals surface area (Å²) in [5.41, 5.74) is 3.35. The summed E-state index contributed by atoms with van der Waals surface area (Å²) >= 11 is 0. The Morgan fingerprint density at radius 2 is 1.58 bits per heavy atom. The smallest absolute Gasteiger partial charge is 0.260 e. The van der Waals surface area contributed by atoms with Crippen LogP contribution >= 0.6 is 0 Å². The number of hydrogen-bond acceptors (Lipinski definition) is 3. The van der Waals surface area contributed by atoms with Crippen molar-refractivity contribution >= 4 is 24.1 Å². The number of nitrogens with zero attached hydrogens (tertiary/aromatic N) is 2. The number of aliphatic imine (C=N–C) groups is 1. The molecule has 1 atom stereocenters. The number of carbonyl (C=O) groups is 2. The number of fused-ring (bicyclic) bond motifs is 1. The Hall–Kier alpha value is -3.62. The predicted octanol–water partition coefficient (Wildman–Crippen LogP) is 4.15. The third-order valence-electron chi connectivity index (χ3n) is 4.36. The highest BCUT2D eigenvalue weighted by molar-refractivity contribution is 6.11. The molecule has 4 rings (SSSR count). The van der Waals surface area contributed by atoms with E-state index in [1.165, 1.54) is 0 Å². The fourth-order valence-corrected chi connectivity index (χ4v) is 3.10. The molecular formula is C22H15N2O2+. The number of aldehydes is 1.